The minimum absolute atomic E-state index is 0.165. The van der Waals surface area contributed by atoms with E-state index < -0.39 is 85.1 Å². The normalized spacial score (nSPS) is 13.9. The van der Waals surface area contributed by atoms with Crippen molar-refractivity contribution in [1.29, 1.82) is 0 Å². The number of hydrogen-bond acceptors (Lipinski definition) is 10. The average Bonchev–Trinajstić information content (AvgIpc) is 2.76. The smallest absolute Gasteiger partial charge is 0.322 e. The second-order valence-corrected chi connectivity index (χ2v) is 7.63. The number of primary amides is 1. The van der Waals surface area contributed by atoms with Crippen LogP contribution in [0.4, 0.5) is 0 Å². The lowest BCUT2D eigenvalue weighted by atomic mass is 10.1. The molecule has 0 spiro atoms. The summed E-state index contributed by atoms with van der Waals surface area (Å²) in [5, 5.41) is 19.7. The largest absolute Gasteiger partial charge is 0.480 e. The Morgan fingerprint density at radius 2 is 1.24 bits per heavy atom. The molecule has 17 heteroatoms. The number of carbonyl (C=O) groups is 7. The molecule has 0 fully saturated rings. The molecule has 6 amide bonds. The summed E-state index contributed by atoms with van der Waals surface area (Å²) in [5.41, 5.74) is 10.4. The van der Waals surface area contributed by atoms with Gasteiger partial charge in [-0.1, -0.05) is 0 Å². The van der Waals surface area contributed by atoms with Crippen molar-refractivity contribution >= 4 is 66.7 Å². The van der Waals surface area contributed by atoms with Gasteiger partial charge < -0.3 is 43.2 Å². The minimum atomic E-state index is -1.50. The van der Waals surface area contributed by atoms with Crippen LogP contribution < -0.4 is 38.1 Å². The Hall–Kier alpha value is -3.05. The number of amides is 6. The molecule has 0 aliphatic rings. The van der Waals surface area contributed by atoms with Gasteiger partial charge in [0.1, 0.15) is 24.7 Å². The van der Waals surface area contributed by atoms with Crippen LogP contribution in [0.2, 0.25) is 0 Å². The standard InChI is InChI=1S/C17H29N7O8S2/c1-7(18)14(29)20-3-12(26)22-9(5-33)16(31)24-10(6-34)17(32)23-8(2-11(19)25)15(30)21-4-13(27)28/h7-10,33-34H,2-6,18H2,1H3,(H2,19,25)(H,20,29)(H,21,30)(H,22,26)(H,23,32)(H,24,31)(H,27,28)/t7-,8-,9-,10-/m0/s1. The van der Waals surface area contributed by atoms with Crippen LogP contribution in [0, 0.1) is 0 Å². The van der Waals surface area contributed by atoms with Gasteiger partial charge in [-0.15, -0.1) is 0 Å². The van der Waals surface area contributed by atoms with Crippen LogP contribution in [0.25, 0.3) is 0 Å². The Morgan fingerprint density at radius 1 is 0.765 bits per heavy atom. The highest BCUT2D eigenvalue weighted by atomic mass is 32.1. The molecule has 0 bridgehead atoms. The summed E-state index contributed by atoms with van der Waals surface area (Å²) in [6.07, 6.45) is -0.632. The van der Waals surface area contributed by atoms with Crippen molar-refractivity contribution in [2.45, 2.75) is 37.5 Å². The molecule has 0 heterocycles. The lowest BCUT2D eigenvalue weighted by Gasteiger charge is -2.23. The van der Waals surface area contributed by atoms with E-state index in [0.29, 0.717) is 0 Å². The summed E-state index contributed by atoms with van der Waals surface area (Å²) in [4.78, 5) is 82.3. The quantitative estimate of drug-likeness (QED) is 0.0920. The third-order valence-electron chi connectivity index (χ3n) is 3.94. The van der Waals surface area contributed by atoms with Gasteiger partial charge in [-0.2, -0.15) is 25.3 Å². The fourth-order valence-corrected chi connectivity index (χ4v) is 2.72. The molecular weight excluding hydrogens is 494 g/mol. The van der Waals surface area contributed by atoms with Crippen LogP contribution in [0.1, 0.15) is 13.3 Å². The van der Waals surface area contributed by atoms with Gasteiger partial charge >= 0.3 is 5.97 Å². The molecule has 0 aliphatic heterocycles. The molecule has 0 radical (unpaired) electrons. The number of carbonyl (C=O) groups excluding carboxylic acids is 6. The highest BCUT2D eigenvalue weighted by molar-refractivity contribution is 7.80. The molecule has 34 heavy (non-hydrogen) atoms. The average molecular weight is 524 g/mol. The lowest BCUT2D eigenvalue weighted by molar-refractivity contribution is -0.138. The molecule has 0 aliphatic carbocycles. The molecular formula is C17H29N7O8S2. The van der Waals surface area contributed by atoms with Crippen molar-refractivity contribution in [3.63, 3.8) is 0 Å². The number of carboxylic acids is 1. The van der Waals surface area contributed by atoms with Crippen molar-refractivity contribution in [1.82, 2.24) is 26.6 Å². The first-order valence-electron chi connectivity index (χ1n) is 9.75. The summed E-state index contributed by atoms with van der Waals surface area (Å²) in [6, 6.07) is -4.84. The molecule has 0 unspecified atom stereocenters. The number of hydrogen-bond donors (Lipinski definition) is 10. The van der Waals surface area contributed by atoms with Crippen molar-refractivity contribution in [3.05, 3.63) is 0 Å². The molecule has 15 nitrogen and oxygen atoms in total. The minimum Gasteiger partial charge on any atom is -0.480 e. The number of nitrogens with two attached hydrogens (primary N) is 2. The Kier molecular flexibility index (Phi) is 14.3. The Morgan fingerprint density at radius 3 is 1.68 bits per heavy atom. The van der Waals surface area contributed by atoms with E-state index >= 15 is 0 Å². The summed E-state index contributed by atoms with van der Waals surface area (Å²) < 4.78 is 0. The molecule has 0 saturated heterocycles. The maximum Gasteiger partial charge on any atom is 0.322 e. The molecule has 0 aromatic heterocycles. The van der Waals surface area contributed by atoms with Crippen LogP contribution in [-0.2, 0) is 33.6 Å². The number of rotatable bonds is 15. The van der Waals surface area contributed by atoms with E-state index in [-0.39, 0.29) is 11.5 Å². The Labute approximate surface area is 205 Å². The monoisotopic (exact) mass is 523 g/mol. The first-order chi connectivity index (χ1) is 15.8. The zero-order chi connectivity index (χ0) is 26.4. The predicted molar refractivity (Wildman–Crippen MR) is 125 cm³/mol. The maximum absolute atomic E-state index is 12.5. The number of aliphatic carboxylic acids is 1. The maximum atomic E-state index is 12.5. The van der Waals surface area contributed by atoms with Gasteiger partial charge in [-0.25, -0.2) is 0 Å². The van der Waals surface area contributed by atoms with Crippen molar-refractivity contribution in [2.24, 2.45) is 11.5 Å². The van der Waals surface area contributed by atoms with E-state index in [2.05, 4.69) is 46.5 Å². The fourth-order valence-electron chi connectivity index (χ4n) is 2.20. The fraction of sp³-hybridized carbons (Fsp3) is 0.588. The first-order valence-corrected chi connectivity index (χ1v) is 11.0. The van der Waals surface area contributed by atoms with Gasteiger partial charge in [0.2, 0.25) is 35.4 Å². The molecule has 0 rings (SSSR count). The summed E-state index contributed by atoms with van der Waals surface area (Å²) in [5.74, 6) is -6.72. The van der Waals surface area contributed by atoms with Gasteiger partial charge in [0.05, 0.1) is 19.0 Å². The third kappa shape index (κ3) is 12.3. The molecule has 192 valence electrons. The number of thiol groups is 2. The molecule has 0 aromatic rings. The zero-order valence-electron chi connectivity index (χ0n) is 18.2. The topological polar surface area (TPSA) is 252 Å². The van der Waals surface area contributed by atoms with E-state index in [9.17, 15) is 33.6 Å². The van der Waals surface area contributed by atoms with Crippen LogP contribution in [0.15, 0.2) is 0 Å². The molecule has 0 saturated carbocycles. The second-order valence-electron chi connectivity index (χ2n) is 6.90. The van der Waals surface area contributed by atoms with E-state index in [0.717, 1.165) is 0 Å². The van der Waals surface area contributed by atoms with Gasteiger partial charge in [0.25, 0.3) is 0 Å². The molecule has 0 aromatic carbocycles. The van der Waals surface area contributed by atoms with Crippen LogP contribution >= 0.6 is 25.3 Å². The highest BCUT2D eigenvalue weighted by Crippen LogP contribution is 1.98. The predicted octanol–water partition coefficient (Wildman–Crippen LogP) is -5.16. The van der Waals surface area contributed by atoms with Crippen LogP contribution in [-0.4, -0.2) is 95.3 Å². The third-order valence-corrected chi connectivity index (χ3v) is 4.67. The lowest BCUT2D eigenvalue weighted by Crippen LogP contribution is -2.58. The van der Waals surface area contributed by atoms with E-state index in [1.165, 1.54) is 6.92 Å². The second kappa shape index (κ2) is 15.7. The summed E-state index contributed by atoms with van der Waals surface area (Å²) >= 11 is 7.95. The van der Waals surface area contributed by atoms with Gasteiger partial charge in [-0.05, 0) is 6.92 Å². The van der Waals surface area contributed by atoms with E-state index in [1.54, 1.807) is 0 Å². The van der Waals surface area contributed by atoms with Crippen molar-refractivity contribution in [3.8, 4) is 0 Å². The van der Waals surface area contributed by atoms with Crippen molar-refractivity contribution < 1.29 is 38.7 Å². The van der Waals surface area contributed by atoms with Crippen molar-refractivity contribution in [2.75, 3.05) is 24.6 Å². The number of carboxylic acid groups (broad SMARTS) is 1. The summed E-state index contributed by atoms with van der Waals surface area (Å²) in [6.45, 7) is 0.211. The number of nitrogens with one attached hydrogen (secondary N) is 5. The van der Waals surface area contributed by atoms with Gasteiger partial charge in [0, 0.05) is 11.5 Å². The van der Waals surface area contributed by atoms with E-state index in [4.69, 9.17) is 16.6 Å². The first kappa shape index (κ1) is 30.9. The van der Waals surface area contributed by atoms with Gasteiger partial charge in [0.15, 0.2) is 0 Å². The molecule has 4 atom stereocenters. The van der Waals surface area contributed by atoms with Crippen LogP contribution in [0.3, 0.4) is 0 Å². The van der Waals surface area contributed by atoms with E-state index in [1.807, 2.05) is 5.32 Å². The zero-order valence-corrected chi connectivity index (χ0v) is 20.0. The van der Waals surface area contributed by atoms with Crippen LogP contribution in [0.5, 0.6) is 0 Å². The SMILES string of the molecule is C[C@H](N)C(=O)NCC(=O)N[C@@H](CS)C(=O)N[C@@H](CS)C(=O)N[C@@H](CC(N)=O)C(=O)NCC(=O)O. The van der Waals surface area contributed by atoms with Gasteiger partial charge in [-0.3, -0.25) is 33.6 Å². The highest BCUT2D eigenvalue weighted by Gasteiger charge is 2.29. The molecule has 10 N–H and O–H groups in total. The summed E-state index contributed by atoms with van der Waals surface area (Å²) in [7, 11) is 0. The Balaban J connectivity index is 5.09. The Bertz CT molecular complexity index is 796.